The van der Waals surface area contributed by atoms with E-state index in [0.717, 1.165) is 13.1 Å². The summed E-state index contributed by atoms with van der Waals surface area (Å²) in [6.07, 6.45) is 0. The van der Waals surface area contributed by atoms with Gasteiger partial charge in [0, 0.05) is 18.7 Å². The van der Waals surface area contributed by atoms with Crippen molar-refractivity contribution < 1.29 is 4.39 Å². The number of halogens is 1. The Morgan fingerprint density at radius 1 is 1.10 bits per heavy atom. The van der Waals surface area contributed by atoms with E-state index in [4.69, 9.17) is 5.73 Å². The Morgan fingerprint density at radius 3 is 2.38 bits per heavy atom. The Labute approximate surface area is 126 Å². The predicted octanol–water partition coefficient (Wildman–Crippen LogP) is 3.66. The maximum atomic E-state index is 14.1. The monoisotopic (exact) mass is 286 g/mol. The topological polar surface area (TPSA) is 29.3 Å². The summed E-state index contributed by atoms with van der Waals surface area (Å²) in [4.78, 5) is 2.22. The second-order valence-corrected chi connectivity index (χ2v) is 5.26. The highest BCUT2D eigenvalue weighted by atomic mass is 19.1. The molecule has 0 amide bonds. The fourth-order valence-corrected chi connectivity index (χ4v) is 2.67. The van der Waals surface area contributed by atoms with Crippen LogP contribution in [0.3, 0.4) is 0 Å². The molecule has 112 valence electrons. The summed E-state index contributed by atoms with van der Waals surface area (Å²) in [5, 5.41) is 0. The second-order valence-electron chi connectivity index (χ2n) is 5.26. The molecule has 2 rings (SSSR count). The first kappa shape index (κ1) is 15.7. The van der Waals surface area contributed by atoms with Crippen molar-refractivity contribution in [3.8, 4) is 0 Å². The van der Waals surface area contributed by atoms with Gasteiger partial charge >= 0.3 is 0 Å². The standard InChI is InChI=1S/C18H23FN2/c1-3-21(13-15-9-5-4-8-14(15)2)18(12-20)16-10-6-7-11-17(16)19/h4-11,18H,3,12-13,20H2,1-2H3. The van der Waals surface area contributed by atoms with Crippen molar-refractivity contribution >= 4 is 0 Å². The average molecular weight is 286 g/mol. The molecule has 2 nitrogen and oxygen atoms in total. The summed E-state index contributed by atoms with van der Waals surface area (Å²) in [6.45, 7) is 6.19. The number of hydrogen-bond donors (Lipinski definition) is 1. The summed E-state index contributed by atoms with van der Waals surface area (Å²) < 4.78 is 14.1. The molecule has 0 bridgehead atoms. The molecular formula is C18H23FN2. The molecular weight excluding hydrogens is 263 g/mol. The van der Waals surface area contributed by atoms with Crippen molar-refractivity contribution in [3.05, 3.63) is 71.0 Å². The van der Waals surface area contributed by atoms with Gasteiger partial charge in [-0.3, -0.25) is 4.90 Å². The van der Waals surface area contributed by atoms with Crippen LogP contribution in [0.2, 0.25) is 0 Å². The third-order valence-corrected chi connectivity index (χ3v) is 3.97. The number of aryl methyl sites for hydroxylation is 1. The van der Waals surface area contributed by atoms with Gasteiger partial charge in [0.2, 0.25) is 0 Å². The fraction of sp³-hybridized carbons (Fsp3) is 0.333. The summed E-state index contributed by atoms with van der Waals surface area (Å²) in [5.74, 6) is -0.184. The molecule has 3 heteroatoms. The average Bonchev–Trinajstić information content (AvgIpc) is 2.50. The number of benzene rings is 2. The van der Waals surface area contributed by atoms with Crippen molar-refractivity contribution in [1.29, 1.82) is 0 Å². The van der Waals surface area contributed by atoms with Gasteiger partial charge in [-0.1, -0.05) is 49.4 Å². The molecule has 0 spiro atoms. The van der Waals surface area contributed by atoms with Crippen LogP contribution in [-0.2, 0) is 6.54 Å². The number of nitrogens with zero attached hydrogens (tertiary/aromatic N) is 1. The van der Waals surface area contributed by atoms with Crippen molar-refractivity contribution in [2.75, 3.05) is 13.1 Å². The van der Waals surface area contributed by atoms with Gasteiger partial charge < -0.3 is 5.73 Å². The van der Waals surface area contributed by atoms with Crippen LogP contribution >= 0.6 is 0 Å². The van der Waals surface area contributed by atoms with E-state index in [0.29, 0.717) is 12.1 Å². The third kappa shape index (κ3) is 3.69. The van der Waals surface area contributed by atoms with Gasteiger partial charge in [-0.15, -0.1) is 0 Å². The van der Waals surface area contributed by atoms with Crippen LogP contribution in [-0.4, -0.2) is 18.0 Å². The van der Waals surface area contributed by atoms with Gasteiger partial charge in [-0.2, -0.15) is 0 Å². The summed E-state index contributed by atoms with van der Waals surface area (Å²) in [5.41, 5.74) is 9.12. The van der Waals surface area contributed by atoms with Crippen molar-refractivity contribution in [1.82, 2.24) is 4.90 Å². The number of hydrogen-bond acceptors (Lipinski definition) is 2. The summed E-state index contributed by atoms with van der Waals surface area (Å²) in [6, 6.07) is 15.1. The largest absolute Gasteiger partial charge is 0.329 e. The Bertz CT molecular complexity index is 583. The smallest absolute Gasteiger partial charge is 0.128 e. The zero-order valence-corrected chi connectivity index (χ0v) is 12.7. The maximum absolute atomic E-state index is 14.1. The van der Waals surface area contributed by atoms with E-state index in [-0.39, 0.29) is 11.9 Å². The molecule has 0 aromatic heterocycles. The van der Waals surface area contributed by atoms with Crippen LogP contribution in [0, 0.1) is 12.7 Å². The van der Waals surface area contributed by atoms with E-state index in [1.807, 2.05) is 24.3 Å². The molecule has 0 heterocycles. The Balaban J connectivity index is 2.26. The molecule has 0 saturated heterocycles. The maximum Gasteiger partial charge on any atom is 0.128 e. The second kappa shape index (κ2) is 7.34. The third-order valence-electron chi connectivity index (χ3n) is 3.97. The lowest BCUT2D eigenvalue weighted by atomic mass is 10.0. The highest BCUT2D eigenvalue weighted by Gasteiger charge is 2.21. The van der Waals surface area contributed by atoms with Gasteiger partial charge in [0.05, 0.1) is 6.04 Å². The predicted molar refractivity (Wildman–Crippen MR) is 85.5 cm³/mol. The highest BCUT2D eigenvalue weighted by Crippen LogP contribution is 2.24. The highest BCUT2D eigenvalue weighted by molar-refractivity contribution is 5.27. The minimum atomic E-state index is -0.184. The molecule has 2 aromatic carbocycles. The molecule has 1 unspecified atom stereocenters. The molecule has 0 fully saturated rings. The van der Waals surface area contributed by atoms with Crippen LogP contribution in [0.5, 0.6) is 0 Å². The molecule has 2 N–H and O–H groups in total. The normalized spacial score (nSPS) is 12.6. The summed E-state index contributed by atoms with van der Waals surface area (Å²) in [7, 11) is 0. The first-order chi connectivity index (χ1) is 10.2. The van der Waals surface area contributed by atoms with Crippen molar-refractivity contribution in [3.63, 3.8) is 0 Å². The van der Waals surface area contributed by atoms with E-state index < -0.39 is 0 Å². The molecule has 0 saturated carbocycles. The van der Waals surface area contributed by atoms with Crippen LogP contribution in [0.15, 0.2) is 48.5 Å². The van der Waals surface area contributed by atoms with Crippen molar-refractivity contribution in [2.45, 2.75) is 26.4 Å². The molecule has 0 aliphatic rings. The minimum absolute atomic E-state index is 0.101. The van der Waals surface area contributed by atoms with Gasteiger partial charge in [0.1, 0.15) is 5.82 Å². The molecule has 0 aliphatic heterocycles. The fourth-order valence-electron chi connectivity index (χ4n) is 2.67. The van der Waals surface area contributed by atoms with Crippen LogP contribution in [0.25, 0.3) is 0 Å². The number of likely N-dealkylation sites (N-methyl/N-ethyl adjacent to an activating group) is 1. The zero-order valence-electron chi connectivity index (χ0n) is 12.7. The van der Waals surface area contributed by atoms with Gasteiger partial charge in [-0.25, -0.2) is 4.39 Å². The first-order valence-corrected chi connectivity index (χ1v) is 7.40. The molecule has 1 atom stereocenters. The molecule has 2 aromatic rings. The van der Waals surface area contributed by atoms with E-state index in [1.165, 1.54) is 17.2 Å². The molecule has 0 radical (unpaired) electrons. The van der Waals surface area contributed by atoms with E-state index >= 15 is 0 Å². The van der Waals surface area contributed by atoms with Gasteiger partial charge in [0.15, 0.2) is 0 Å². The van der Waals surface area contributed by atoms with E-state index in [9.17, 15) is 4.39 Å². The van der Waals surface area contributed by atoms with Gasteiger partial charge in [0.25, 0.3) is 0 Å². The zero-order chi connectivity index (χ0) is 15.2. The lowest BCUT2D eigenvalue weighted by Gasteiger charge is -2.31. The SMILES string of the molecule is CCN(Cc1ccccc1C)C(CN)c1ccccc1F. The lowest BCUT2D eigenvalue weighted by Crippen LogP contribution is -2.34. The quantitative estimate of drug-likeness (QED) is 0.878. The Morgan fingerprint density at radius 2 is 1.76 bits per heavy atom. The Hall–Kier alpha value is -1.71. The molecule has 0 aliphatic carbocycles. The van der Waals surface area contributed by atoms with Crippen LogP contribution in [0.1, 0.15) is 29.7 Å². The van der Waals surface area contributed by atoms with Crippen LogP contribution < -0.4 is 5.73 Å². The van der Waals surface area contributed by atoms with E-state index in [1.54, 1.807) is 6.07 Å². The Kier molecular flexibility index (Phi) is 5.48. The number of nitrogens with two attached hydrogens (primary N) is 1. The first-order valence-electron chi connectivity index (χ1n) is 7.40. The number of rotatable bonds is 6. The lowest BCUT2D eigenvalue weighted by molar-refractivity contribution is 0.199. The van der Waals surface area contributed by atoms with Crippen molar-refractivity contribution in [2.24, 2.45) is 5.73 Å². The van der Waals surface area contributed by atoms with Gasteiger partial charge in [-0.05, 0) is 30.7 Å². The summed E-state index contributed by atoms with van der Waals surface area (Å²) >= 11 is 0. The molecule has 21 heavy (non-hydrogen) atoms. The van der Waals surface area contributed by atoms with E-state index in [2.05, 4.69) is 30.9 Å². The minimum Gasteiger partial charge on any atom is -0.329 e. The van der Waals surface area contributed by atoms with Crippen LogP contribution in [0.4, 0.5) is 4.39 Å².